The van der Waals surface area contributed by atoms with Crippen LogP contribution in [0.25, 0.3) is 0 Å². The molecule has 1 aromatic carbocycles. The Morgan fingerprint density at radius 2 is 2.03 bits per heavy atom. The van der Waals surface area contributed by atoms with Gasteiger partial charge in [-0.1, -0.05) is 19.1 Å². The molecule has 160 valence electrons. The van der Waals surface area contributed by atoms with Gasteiger partial charge < -0.3 is 20.1 Å². The van der Waals surface area contributed by atoms with E-state index in [-0.39, 0.29) is 41.6 Å². The SMILES string of the molecule is CCCOc1ccc(CN=C(NCC)NC(C)c2ccc(OC)c(F)c2)cn1.I. The molecule has 0 aliphatic rings. The van der Waals surface area contributed by atoms with Crippen molar-refractivity contribution in [3.8, 4) is 11.6 Å². The normalized spacial score (nSPS) is 12.0. The molecule has 0 spiro atoms. The molecule has 2 aromatic rings. The minimum atomic E-state index is -0.382. The largest absolute Gasteiger partial charge is 0.494 e. The Morgan fingerprint density at radius 1 is 1.24 bits per heavy atom. The van der Waals surface area contributed by atoms with Crippen LogP contribution in [0.4, 0.5) is 4.39 Å². The van der Waals surface area contributed by atoms with Gasteiger partial charge in [-0.3, -0.25) is 0 Å². The van der Waals surface area contributed by atoms with E-state index in [1.165, 1.54) is 13.2 Å². The minimum absolute atomic E-state index is 0. The van der Waals surface area contributed by atoms with Gasteiger partial charge in [-0.15, -0.1) is 24.0 Å². The first-order chi connectivity index (χ1) is 13.6. The van der Waals surface area contributed by atoms with E-state index in [2.05, 4.69) is 27.5 Å². The van der Waals surface area contributed by atoms with Gasteiger partial charge in [0.1, 0.15) is 0 Å². The fourth-order valence-corrected chi connectivity index (χ4v) is 2.53. The summed E-state index contributed by atoms with van der Waals surface area (Å²) in [5.41, 5.74) is 1.78. The number of benzene rings is 1. The Bertz CT molecular complexity index is 772. The molecule has 2 rings (SSSR count). The highest BCUT2D eigenvalue weighted by Crippen LogP contribution is 2.21. The first-order valence-corrected chi connectivity index (χ1v) is 9.53. The predicted molar refractivity (Wildman–Crippen MR) is 125 cm³/mol. The van der Waals surface area contributed by atoms with Gasteiger partial charge in [0.2, 0.25) is 5.88 Å². The molecule has 29 heavy (non-hydrogen) atoms. The number of aliphatic imine (C=N–C) groups is 1. The quantitative estimate of drug-likeness (QED) is 0.293. The van der Waals surface area contributed by atoms with Crippen molar-refractivity contribution in [1.82, 2.24) is 15.6 Å². The van der Waals surface area contributed by atoms with Gasteiger partial charge in [-0.05, 0) is 43.5 Å². The number of nitrogens with zero attached hydrogens (tertiary/aromatic N) is 2. The van der Waals surface area contributed by atoms with Gasteiger partial charge in [0.25, 0.3) is 0 Å². The molecule has 1 aromatic heterocycles. The monoisotopic (exact) mass is 516 g/mol. The number of halogens is 2. The third-order valence-electron chi connectivity index (χ3n) is 4.04. The van der Waals surface area contributed by atoms with E-state index in [0.29, 0.717) is 25.0 Å². The van der Waals surface area contributed by atoms with E-state index in [9.17, 15) is 4.39 Å². The zero-order valence-electron chi connectivity index (χ0n) is 17.4. The molecule has 0 amide bonds. The van der Waals surface area contributed by atoms with Gasteiger partial charge in [0, 0.05) is 18.8 Å². The van der Waals surface area contributed by atoms with Crippen molar-refractivity contribution in [2.45, 2.75) is 39.8 Å². The van der Waals surface area contributed by atoms with E-state index in [0.717, 1.165) is 24.1 Å². The van der Waals surface area contributed by atoms with Gasteiger partial charge in [-0.2, -0.15) is 0 Å². The Kier molecular flexibility index (Phi) is 11.3. The molecule has 1 unspecified atom stereocenters. The number of rotatable bonds is 9. The van der Waals surface area contributed by atoms with Crippen molar-refractivity contribution in [1.29, 1.82) is 0 Å². The van der Waals surface area contributed by atoms with Crippen LogP contribution in [0, 0.1) is 5.82 Å². The van der Waals surface area contributed by atoms with Crippen LogP contribution < -0.4 is 20.1 Å². The molecule has 0 bridgehead atoms. The molecule has 0 saturated heterocycles. The number of hydrogen-bond acceptors (Lipinski definition) is 4. The van der Waals surface area contributed by atoms with Gasteiger partial charge in [0.15, 0.2) is 17.5 Å². The Labute approximate surface area is 189 Å². The molecular formula is C21H30FIN4O2. The third kappa shape index (κ3) is 8.04. The molecule has 0 aliphatic carbocycles. The number of aromatic nitrogens is 1. The number of guanidine groups is 1. The minimum Gasteiger partial charge on any atom is -0.494 e. The Balaban J connectivity index is 0.00000420. The highest BCUT2D eigenvalue weighted by atomic mass is 127. The maximum atomic E-state index is 14.0. The average molecular weight is 516 g/mol. The molecule has 1 atom stereocenters. The average Bonchev–Trinajstić information content (AvgIpc) is 2.71. The predicted octanol–water partition coefficient (Wildman–Crippen LogP) is 4.45. The van der Waals surface area contributed by atoms with Crippen molar-refractivity contribution < 1.29 is 13.9 Å². The highest BCUT2D eigenvalue weighted by Gasteiger charge is 2.11. The molecule has 0 saturated carbocycles. The fourth-order valence-electron chi connectivity index (χ4n) is 2.53. The van der Waals surface area contributed by atoms with Crippen molar-refractivity contribution in [3.63, 3.8) is 0 Å². The number of methoxy groups -OCH3 is 1. The van der Waals surface area contributed by atoms with Crippen LogP contribution >= 0.6 is 24.0 Å². The molecule has 1 heterocycles. The van der Waals surface area contributed by atoms with Crippen LogP contribution in [0.5, 0.6) is 11.6 Å². The van der Waals surface area contributed by atoms with Crippen molar-refractivity contribution >= 4 is 29.9 Å². The lowest BCUT2D eigenvalue weighted by atomic mass is 10.1. The summed E-state index contributed by atoms with van der Waals surface area (Å²) < 4.78 is 24.4. The highest BCUT2D eigenvalue weighted by molar-refractivity contribution is 14.0. The topological polar surface area (TPSA) is 67.8 Å². The summed E-state index contributed by atoms with van der Waals surface area (Å²) in [6.45, 7) is 7.85. The number of nitrogens with one attached hydrogen (secondary N) is 2. The second-order valence-electron chi connectivity index (χ2n) is 6.31. The summed E-state index contributed by atoms with van der Waals surface area (Å²) in [7, 11) is 1.45. The van der Waals surface area contributed by atoms with Crippen molar-refractivity contribution in [3.05, 3.63) is 53.5 Å². The number of pyridine rings is 1. The first kappa shape index (κ1) is 24.9. The summed E-state index contributed by atoms with van der Waals surface area (Å²) in [4.78, 5) is 8.88. The molecule has 0 aliphatic heterocycles. The summed E-state index contributed by atoms with van der Waals surface area (Å²) >= 11 is 0. The van der Waals surface area contributed by atoms with Crippen LogP contribution in [0.2, 0.25) is 0 Å². The smallest absolute Gasteiger partial charge is 0.213 e. The van der Waals surface area contributed by atoms with Gasteiger partial charge in [-0.25, -0.2) is 14.4 Å². The third-order valence-corrected chi connectivity index (χ3v) is 4.04. The lowest BCUT2D eigenvalue weighted by molar-refractivity contribution is 0.305. The molecule has 6 nitrogen and oxygen atoms in total. The maximum absolute atomic E-state index is 14.0. The van der Waals surface area contributed by atoms with Crippen molar-refractivity contribution in [2.24, 2.45) is 4.99 Å². The van der Waals surface area contributed by atoms with Crippen LogP contribution in [-0.4, -0.2) is 31.2 Å². The van der Waals surface area contributed by atoms with Gasteiger partial charge >= 0.3 is 0 Å². The summed E-state index contributed by atoms with van der Waals surface area (Å²) in [5.74, 6) is 1.12. The maximum Gasteiger partial charge on any atom is 0.213 e. The molecule has 2 N–H and O–H groups in total. The molecular weight excluding hydrogens is 486 g/mol. The summed E-state index contributed by atoms with van der Waals surface area (Å²) in [5, 5.41) is 6.50. The van der Waals surface area contributed by atoms with E-state index in [1.54, 1.807) is 12.3 Å². The van der Waals surface area contributed by atoms with E-state index in [4.69, 9.17) is 9.47 Å². The molecule has 0 fully saturated rings. The lowest BCUT2D eigenvalue weighted by Gasteiger charge is -2.18. The molecule has 8 heteroatoms. The van der Waals surface area contributed by atoms with E-state index in [1.807, 2.05) is 32.0 Å². The number of hydrogen-bond donors (Lipinski definition) is 2. The van der Waals surface area contributed by atoms with E-state index < -0.39 is 0 Å². The molecule has 0 radical (unpaired) electrons. The summed E-state index contributed by atoms with van der Waals surface area (Å²) in [6.07, 6.45) is 2.71. The Hall–Kier alpha value is -2.10. The second kappa shape index (κ2) is 13.2. The zero-order valence-corrected chi connectivity index (χ0v) is 19.7. The lowest BCUT2D eigenvalue weighted by Crippen LogP contribution is -2.38. The van der Waals surface area contributed by atoms with Crippen molar-refractivity contribution in [2.75, 3.05) is 20.3 Å². The van der Waals surface area contributed by atoms with E-state index >= 15 is 0 Å². The zero-order chi connectivity index (χ0) is 20.4. The van der Waals surface area contributed by atoms with Crippen LogP contribution in [0.1, 0.15) is 44.4 Å². The Morgan fingerprint density at radius 3 is 2.62 bits per heavy atom. The summed E-state index contributed by atoms with van der Waals surface area (Å²) in [6, 6.07) is 8.61. The number of ether oxygens (including phenoxy) is 2. The van der Waals surface area contributed by atoms with Crippen LogP contribution in [0.3, 0.4) is 0 Å². The van der Waals surface area contributed by atoms with Crippen LogP contribution in [-0.2, 0) is 6.54 Å². The van der Waals surface area contributed by atoms with Crippen LogP contribution in [0.15, 0.2) is 41.5 Å². The fraction of sp³-hybridized carbons (Fsp3) is 0.429. The van der Waals surface area contributed by atoms with Gasteiger partial charge in [0.05, 0.1) is 26.3 Å². The standard InChI is InChI=1S/C21H29FN4O2.HI/c1-5-11-28-20-10-7-16(13-24-20)14-25-21(23-6-2)26-15(3)17-8-9-19(27-4)18(22)12-17;/h7-10,12-13,15H,5-6,11,14H2,1-4H3,(H2,23,25,26);1H. The second-order valence-corrected chi connectivity index (χ2v) is 6.31. The first-order valence-electron chi connectivity index (χ1n) is 9.53.